The van der Waals surface area contributed by atoms with Crippen LogP contribution in [0.2, 0.25) is 0 Å². The lowest BCUT2D eigenvalue weighted by Gasteiger charge is -2.25. The van der Waals surface area contributed by atoms with E-state index in [4.69, 9.17) is 0 Å². The van der Waals surface area contributed by atoms with Crippen molar-refractivity contribution in [3.63, 3.8) is 0 Å². The summed E-state index contributed by atoms with van der Waals surface area (Å²) < 4.78 is 14.6. The zero-order valence-electron chi connectivity index (χ0n) is 7.69. The molecule has 1 aromatic carbocycles. The highest BCUT2D eigenvalue weighted by Crippen LogP contribution is 2.20. The summed E-state index contributed by atoms with van der Waals surface area (Å²) in [6.45, 7) is 2.66. The Morgan fingerprint density at radius 2 is 2.21 bits per heavy atom. The number of hydrogen-bond donors (Lipinski definition) is 2. The van der Waals surface area contributed by atoms with Crippen LogP contribution in [-0.2, 0) is 0 Å². The summed E-state index contributed by atoms with van der Waals surface area (Å²) in [6.07, 6.45) is 0. The maximum Gasteiger partial charge on any atom is 0.128 e. The highest BCUT2D eigenvalue weighted by atomic mass is 127. The quantitative estimate of drug-likeness (QED) is 0.771. The molecule has 1 fully saturated rings. The van der Waals surface area contributed by atoms with Crippen LogP contribution < -0.4 is 10.6 Å². The first kappa shape index (κ1) is 10.3. The molecule has 2 rings (SSSR count). The van der Waals surface area contributed by atoms with Gasteiger partial charge in [-0.05, 0) is 40.8 Å². The van der Waals surface area contributed by atoms with E-state index in [1.165, 1.54) is 6.07 Å². The van der Waals surface area contributed by atoms with Gasteiger partial charge in [-0.15, -0.1) is 0 Å². The molecular formula is C10H12FIN2. The second-order valence-corrected chi connectivity index (χ2v) is 4.62. The van der Waals surface area contributed by atoms with Gasteiger partial charge in [0, 0.05) is 34.8 Å². The van der Waals surface area contributed by atoms with Crippen molar-refractivity contribution in [2.45, 2.75) is 6.04 Å². The third-order valence-corrected chi connectivity index (χ3v) is 3.05. The van der Waals surface area contributed by atoms with Crippen LogP contribution in [0, 0.1) is 9.39 Å². The van der Waals surface area contributed by atoms with E-state index in [2.05, 4.69) is 33.2 Å². The van der Waals surface area contributed by atoms with Crippen molar-refractivity contribution in [3.8, 4) is 0 Å². The van der Waals surface area contributed by atoms with Crippen molar-refractivity contribution in [3.05, 3.63) is 33.1 Å². The zero-order chi connectivity index (χ0) is 9.97. The normalized spacial score (nSPS) is 22.3. The molecule has 0 saturated carbocycles. The van der Waals surface area contributed by atoms with Crippen molar-refractivity contribution in [1.29, 1.82) is 0 Å². The van der Waals surface area contributed by atoms with Crippen molar-refractivity contribution >= 4 is 22.6 Å². The Bertz CT molecular complexity index is 324. The highest BCUT2D eigenvalue weighted by Gasteiger charge is 2.17. The van der Waals surface area contributed by atoms with E-state index < -0.39 is 0 Å². The first-order valence-electron chi connectivity index (χ1n) is 4.66. The number of rotatable bonds is 1. The maximum atomic E-state index is 13.5. The van der Waals surface area contributed by atoms with Crippen molar-refractivity contribution < 1.29 is 4.39 Å². The molecule has 1 aromatic rings. The minimum Gasteiger partial charge on any atom is -0.314 e. The molecule has 1 aliphatic heterocycles. The molecule has 1 saturated heterocycles. The predicted molar refractivity (Wildman–Crippen MR) is 62.7 cm³/mol. The van der Waals surface area contributed by atoms with Crippen LogP contribution in [0.3, 0.4) is 0 Å². The highest BCUT2D eigenvalue weighted by molar-refractivity contribution is 14.1. The molecular weight excluding hydrogens is 294 g/mol. The summed E-state index contributed by atoms with van der Waals surface area (Å²) in [4.78, 5) is 0. The fourth-order valence-electron chi connectivity index (χ4n) is 1.65. The Morgan fingerprint density at radius 3 is 2.93 bits per heavy atom. The predicted octanol–water partition coefficient (Wildman–Crippen LogP) is 1.66. The fraction of sp³-hybridized carbons (Fsp3) is 0.400. The number of benzene rings is 1. The standard InChI is InChI=1S/C10H12FIN2/c11-9-2-1-7(12)5-8(9)10-6-13-3-4-14-10/h1-2,5,10,13-14H,3-4,6H2/t10-/m0/s1. The zero-order valence-corrected chi connectivity index (χ0v) is 9.84. The van der Waals surface area contributed by atoms with E-state index in [1.807, 2.05) is 6.07 Å². The minimum atomic E-state index is -0.119. The molecule has 0 spiro atoms. The Labute approximate surface area is 96.4 Å². The SMILES string of the molecule is Fc1ccc(I)cc1[C@@H]1CNCCN1. The van der Waals surface area contributed by atoms with Crippen LogP contribution >= 0.6 is 22.6 Å². The fourth-order valence-corrected chi connectivity index (χ4v) is 2.17. The van der Waals surface area contributed by atoms with Gasteiger partial charge < -0.3 is 10.6 Å². The number of piperazine rings is 1. The average molecular weight is 306 g/mol. The van der Waals surface area contributed by atoms with Crippen LogP contribution in [0.25, 0.3) is 0 Å². The molecule has 76 valence electrons. The first-order chi connectivity index (χ1) is 6.77. The topological polar surface area (TPSA) is 24.1 Å². The van der Waals surface area contributed by atoms with Crippen molar-refractivity contribution in [2.75, 3.05) is 19.6 Å². The third-order valence-electron chi connectivity index (χ3n) is 2.37. The van der Waals surface area contributed by atoms with Gasteiger partial charge in [-0.1, -0.05) is 0 Å². The number of hydrogen-bond acceptors (Lipinski definition) is 2. The molecule has 2 nitrogen and oxygen atoms in total. The van der Waals surface area contributed by atoms with Crippen LogP contribution in [-0.4, -0.2) is 19.6 Å². The van der Waals surface area contributed by atoms with E-state index >= 15 is 0 Å². The van der Waals surface area contributed by atoms with Crippen molar-refractivity contribution in [2.24, 2.45) is 0 Å². The summed E-state index contributed by atoms with van der Waals surface area (Å²) >= 11 is 2.20. The molecule has 0 radical (unpaired) electrons. The Balaban J connectivity index is 2.24. The summed E-state index contributed by atoms with van der Waals surface area (Å²) in [5, 5.41) is 6.55. The van der Waals surface area contributed by atoms with E-state index in [9.17, 15) is 4.39 Å². The van der Waals surface area contributed by atoms with Crippen LogP contribution in [0.1, 0.15) is 11.6 Å². The average Bonchev–Trinajstić information content (AvgIpc) is 2.23. The Morgan fingerprint density at radius 1 is 1.36 bits per heavy atom. The molecule has 0 aromatic heterocycles. The number of halogens is 2. The second kappa shape index (κ2) is 4.55. The van der Waals surface area contributed by atoms with Crippen LogP contribution in [0.15, 0.2) is 18.2 Å². The van der Waals surface area contributed by atoms with E-state index in [0.29, 0.717) is 0 Å². The largest absolute Gasteiger partial charge is 0.314 e. The lowest BCUT2D eigenvalue weighted by molar-refractivity contribution is 0.416. The summed E-state index contributed by atoms with van der Waals surface area (Å²) in [6, 6.07) is 5.34. The second-order valence-electron chi connectivity index (χ2n) is 3.38. The van der Waals surface area contributed by atoms with Gasteiger partial charge >= 0.3 is 0 Å². The molecule has 4 heteroatoms. The Kier molecular flexibility index (Phi) is 3.35. The molecule has 0 unspecified atom stereocenters. The summed E-state index contributed by atoms with van der Waals surface area (Å²) in [5.41, 5.74) is 0.768. The lowest BCUT2D eigenvalue weighted by Crippen LogP contribution is -2.43. The monoisotopic (exact) mass is 306 g/mol. The molecule has 1 aliphatic rings. The van der Waals surface area contributed by atoms with E-state index in [0.717, 1.165) is 28.8 Å². The molecule has 0 bridgehead atoms. The lowest BCUT2D eigenvalue weighted by atomic mass is 10.1. The maximum absolute atomic E-state index is 13.5. The third kappa shape index (κ3) is 2.24. The van der Waals surface area contributed by atoms with Crippen LogP contribution in [0.4, 0.5) is 4.39 Å². The number of nitrogens with one attached hydrogen (secondary N) is 2. The van der Waals surface area contributed by atoms with Gasteiger partial charge in [0.1, 0.15) is 5.82 Å². The van der Waals surface area contributed by atoms with Crippen molar-refractivity contribution in [1.82, 2.24) is 10.6 Å². The van der Waals surface area contributed by atoms with E-state index in [-0.39, 0.29) is 11.9 Å². The van der Waals surface area contributed by atoms with Gasteiger partial charge in [0.05, 0.1) is 0 Å². The smallest absolute Gasteiger partial charge is 0.128 e. The molecule has 2 N–H and O–H groups in total. The molecule has 0 aliphatic carbocycles. The van der Waals surface area contributed by atoms with Gasteiger partial charge in [-0.25, -0.2) is 4.39 Å². The molecule has 1 atom stereocenters. The van der Waals surface area contributed by atoms with Gasteiger partial charge in [-0.2, -0.15) is 0 Å². The minimum absolute atomic E-state index is 0.110. The van der Waals surface area contributed by atoms with Gasteiger partial charge in [0.2, 0.25) is 0 Å². The van der Waals surface area contributed by atoms with Gasteiger partial charge in [-0.3, -0.25) is 0 Å². The summed E-state index contributed by atoms with van der Waals surface area (Å²) in [7, 11) is 0. The van der Waals surface area contributed by atoms with E-state index in [1.54, 1.807) is 6.07 Å². The van der Waals surface area contributed by atoms with Crippen LogP contribution in [0.5, 0.6) is 0 Å². The Hall–Kier alpha value is -0.200. The van der Waals surface area contributed by atoms with Gasteiger partial charge in [0.15, 0.2) is 0 Å². The molecule has 14 heavy (non-hydrogen) atoms. The van der Waals surface area contributed by atoms with Gasteiger partial charge in [0.25, 0.3) is 0 Å². The first-order valence-corrected chi connectivity index (χ1v) is 5.74. The summed E-state index contributed by atoms with van der Waals surface area (Å²) in [5.74, 6) is -0.119. The molecule has 1 heterocycles. The molecule has 0 amide bonds.